The molecule has 17 heavy (non-hydrogen) atoms. The molecule has 1 aliphatic rings. The Balaban J connectivity index is 0. The van der Waals surface area contributed by atoms with Crippen LogP contribution in [0.15, 0.2) is 0 Å². The Labute approximate surface area is 104 Å². The first-order chi connectivity index (χ1) is 8.06. The van der Waals surface area contributed by atoms with Crippen molar-refractivity contribution in [3.8, 4) is 0 Å². The highest BCUT2D eigenvalue weighted by molar-refractivity contribution is 5.64. The molecular formula is C12H27NO4. The van der Waals surface area contributed by atoms with Gasteiger partial charge in [-0.25, -0.2) is 4.79 Å². The number of hydrogen-bond acceptors (Lipinski definition) is 4. The van der Waals surface area contributed by atoms with Gasteiger partial charge in [-0.15, -0.1) is 0 Å². The zero-order chi connectivity index (χ0) is 13.7. The molecule has 1 unspecified atom stereocenters. The van der Waals surface area contributed by atoms with Gasteiger partial charge in [0.15, 0.2) is 0 Å². The molecule has 1 saturated heterocycles. The Kier molecular flexibility index (Phi) is 14.5. The van der Waals surface area contributed by atoms with Crippen LogP contribution in [0.5, 0.6) is 0 Å². The van der Waals surface area contributed by atoms with Crippen molar-refractivity contribution in [1.29, 1.82) is 0 Å². The SMILES string of the molecule is CC.CC(C)OC(N)=O.OCC1CCCCO1. The summed E-state index contributed by atoms with van der Waals surface area (Å²) in [5, 5.41) is 8.57. The molecule has 1 rings (SSSR count). The minimum Gasteiger partial charge on any atom is -0.447 e. The van der Waals surface area contributed by atoms with Crippen LogP contribution < -0.4 is 5.73 Å². The van der Waals surface area contributed by atoms with Gasteiger partial charge in [0.2, 0.25) is 0 Å². The number of ether oxygens (including phenoxy) is 2. The van der Waals surface area contributed by atoms with Gasteiger partial charge in [-0.3, -0.25) is 0 Å². The van der Waals surface area contributed by atoms with Crippen molar-refractivity contribution < 1.29 is 19.4 Å². The van der Waals surface area contributed by atoms with Crippen LogP contribution in [0, 0.1) is 0 Å². The molecule has 0 saturated carbocycles. The Hall–Kier alpha value is -0.810. The fourth-order valence-electron chi connectivity index (χ4n) is 1.18. The van der Waals surface area contributed by atoms with Gasteiger partial charge in [-0.2, -0.15) is 0 Å². The number of rotatable bonds is 2. The van der Waals surface area contributed by atoms with Gasteiger partial charge in [-0.1, -0.05) is 13.8 Å². The number of aliphatic hydroxyl groups is 1. The van der Waals surface area contributed by atoms with Gasteiger partial charge in [0.1, 0.15) is 0 Å². The first-order valence-corrected chi connectivity index (χ1v) is 6.24. The highest BCUT2D eigenvalue weighted by Crippen LogP contribution is 2.10. The standard InChI is InChI=1S/C6H12O2.C4H9NO2.C2H6/c7-5-6-3-1-2-4-8-6;1-3(2)7-4(5)6;1-2/h6-7H,1-5H2;3H,1-2H3,(H2,5,6);1-2H3. The summed E-state index contributed by atoms with van der Waals surface area (Å²) < 4.78 is 9.57. The van der Waals surface area contributed by atoms with E-state index in [2.05, 4.69) is 10.5 Å². The summed E-state index contributed by atoms with van der Waals surface area (Å²) in [6.07, 6.45) is 2.74. The van der Waals surface area contributed by atoms with Crippen LogP contribution in [0.2, 0.25) is 0 Å². The lowest BCUT2D eigenvalue weighted by Crippen LogP contribution is -2.22. The van der Waals surface area contributed by atoms with E-state index in [0.717, 1.165) is 19.4 Å². The largest absolute Gasteiger partial charge is 0.447 e. The lowest BCUT2D eigenvalue weighted by Gasteiger charge is -2.19. The van der Waals surface area contributed by atoms with E-state index >= 15 is 0 Å². The quantitative estimate of drug-likeness (QED) is 0.785. The van der Waals surface area contributed by atoms with Crippen LogP contribution in [-0.2, 0) is 9.47 Å². The molecule has 5 heteroatoms. The summed E-state index contributed by atoms with van der Waals surface area (Å²) in [5.74, 6) is 0. The molecular weight excluding hydrogens is 222 g/mol. The van der Waals surface area contributed by atoms with E-state index in [1.165, 1.54) is 6.42 Å². The van der Waals surface area contributed by atoms with E-state index in [1.807, 2.05) is 13.8 Å². The highest BCUT2D eigenvalue weighted by Gasteiger charge is 2.10. The molecule has 0 aromatic carbocycles. The Morgan fingerprint density at radius 3 is 2.24 bits per heavy atom. The maximum atomic E-state index is 9.81. The van der Waals surface area contributed by atoms with Gasteiger partial charge in [-0.05, 0) is 33.1 Å². The Morgan fingerprint density at radius 1 is 1.47 bits per heavy atom. The molecule has 0 bridgehead atoms. The molecule has 1 fully saturated rings. The van der Waals surface area contributed by atoms with Crippen molar-refractivity contribution >= 4 is 6.09 Å². The molecule has 1 atom stereocenters. The smallest absolute Gasteiger partial charge is 0.404 e. The second-order valence-electron chi connectivity index (χ2n) is 3.66. The normalized spacial score (nSPS) is 18.4. The van der Waals surface area contributed by atoms with E-state index in [0.29, 0.717) is 0 Å². The summed E-state index contributed by atoms with van der Waals surface area (Å²) in [6, 6.07) is 0. The minimum absolute atomic E-state index is 0.0995. The summed E-state index contributed by atoms with van der Waals surface area (Å²) >= 11 is 0. The molecule has 0 aliphatic carbocycles. The van der Waals surface area contributed by atoms with E-state index in [4.69, 9.17) is 9.84 Å². The molecule has 0 aromatic heterocycles. The molecule has 0 spiro atoms. The molecule has 104 valence electrons. The van der Waals surface area contributed by atoms with Crippen molar-refractivity contribution in [3.63, 3.8) is 0 Å². The topological polar surface area (TPSA) is 81.8 Å². The number of primary amides is 1. The summed E-state index contributed by atoms with van der Waals surface area (Å²) in [6.45, 7) is 8.51. The number of carbonyl (C=O) groups excluding carboxylic acids is 1. The maximum absolute atomic E-state index is 9.81. The van der Waals surface area contributed by atoms with Gasteiger partial charge in [0, 0.05) is 6.61 Å². The number of nitrogens with two attached hydrogens (primary N) is 1. The van der Waals surface area contributed by atoms with Crippen molar-refractivity contribution in [2.45, 2.75) is 59.2 Å². The highest BCUT2D eigenvalue weighted by atomic mass is 16.6. The molecule has 1 aliphatic heterocycles. The molecule has 1 heterocycles. The fourth-order valence-corrected chi connectivity index (χ4v) is 1.18. The van der Waals surface area contributed by atoms with Crippen LogP contribution >= 0.6 is 0 Å². The third kappa shape index (κ3) is 15.2. The van der Waals surface area contributed by atoms with Gasteiger partial charge >= 0.3 is 6.09 Å². The van der Waals surface area contributed by atoms with Crippen molar-refractivity contribution in [3.05, 3.63) is 0 Å². The van der Waals surface area contributed by atoms with Crippen LogP contribution in [0.25, 0.3) is 0 Å². The minimum atomic E-state index is -0.713. The second kappa shape index (κ2) is 13.3. The monoisotopic (exact) mass is 249 g/mol. The first-order valence-electron chi connectivity index (χ1n) is 6.24. The van der Waals surface area contributed by atoms with Crippen molar-refractivity contribution in [2.75, 3.05) is 13.2 Å². The third-order valence-electron chi connectivity index (χ3n) is 1.83. The van der Waals surface area contributed by atoms with Crippen LogP contribution in [0.3, 0.4) is 0 Å². The first kappa shape index (κ1) is 18.6. The number of amides is 1. The van der Waals surface area contributed by atoms with Gasteiger partial charge < -0.3 is 20.3 Å². The lowest BCUT2D eigenvalue weighted by atomic mass is 10.1. The zero-order valence-corrected chi connectivity index (χ0v) is 11.4. The van der Waals surface area contributed by atoms with Gasteiger partial charge in [0.25, 0.3) is 0 Å². The average Bonchev–Trinajstić information content (AvgIpc) is 2.32. The number of aliphatic hydroxyl groups excluding tert-OH is 1. The summed E-state index contributed by atoms with van der Waals surface area (Å²) in [4.78, 5) is 9.81. The van der Waals surface area contributed by atoms with E-state index in [-0.39, 0.29) is 18.8 Å². The Morgan fingerprint density at radius 2 is 2.06 bits per heavy atom. The molecule has 0 radical (unpaired) electrons. The summed E-state index contributed by atoms with van der Waals surface area (Å²) in [5.41, 5.74) is 4.63. The fraction of sp³-hybridized carbons (Fsp3) is 0.917. The average molecular weight is 249 g/mol. The molecule has 3 N–H and O–H groups in total. The zero-order valence-electron chi connectivity index (χ0n) is 11.4. The Bertz CT molecular complexity index is 168. The van der Waals surface area contributed by atoms with Crippen LogP contribution in [0.1, 0.15) is 47.0 Å². The lowest BCUT2D eigenvalue weighted by molar-refractivity contribution is -0.0172. The van der Waals surface area contributed by atoms with E-state index < -0.39 is 6.09 Å². The molecule has 5 nitrogen and oxygen atoms in total. The number of hydrogen-bond donors (Lipinski definition) is 2. The predicted molar refractivity (Wildman–Crippen MR) is 67.8 cm³/mol. The van der Waals surface area contributed by atoms with Gasteiger partial charge in [0.05, 0.1) is 18.8 Å². The number of carbonyl (C=O) groups is 1. The van der Waals surface area contributed by atoms with Crippen LogP contribution in [0.4, 0.5) is 4.79 Å². The van der Waals surface area contributed by atoms with E-state index in [1.54, 1.807) is 13.8 Å². The summed E-state index contributed by atoms with van der Waals surface area (Å²) in [7, 11) is 0. The van der Waals surface area contributed by atoms with Crippen molar-refractivity contribution in [2.24, 2.45) is 5.73 Å². The van der Waals surface area contributed by atoms with Crippen LogP contribution in [-0.4, -0.2) is 36.6 Å². The third-order valence-corrected chi connectivity index (χ3v) is 1.83. The molecule has 0 aromatic rings. The van der Waals surface area contributed by atoms with E-state index in [9.17, 15) is 4.79 Å². The maximum Gasteiger partial charge on any atom is 0.404 e. The second-order valence-corrected chi connectivity index (χ2v) is 3.66. The molecule has 1 amide bonds. The predicted octanol–water partition coefficient (Wildman–Crippen LogP) is 2.06. The van der Waals surface area contributed by atoms with Crippen molar-refractivity contribution in [1.82, 2.24) is 0 Å².